The van der Waals surface area contributed by atoms with Gasteiger partial charge in [0, 0.05) is 60.8 Å². The molecule has 1 saturated heterocycles. The largest absolute Gasteiger partial charge is 0.348 e. The van der Waals surface area contributed by atoms with Crippen molar-refractivity contribution in [2.45, 2.75) is 38.6 Å². The van der Waals surface area contributed by atoms with Crippen LogP contribution in [-0.2, 0) is 9.59 Å². The van der Waals surface area contributed by atoms with Gasteiger partial charge in [0.1, 0.15) is 11.5 Å². The summed E-state index contributed by atoms with van der Waals surface area (Å²) in [6, 6.07) is 18.5. The van der Waals surface area contributed by atoms with Crippen molar-refractivity contribution in [3.8, 4) is 11.3 Å². The summed E-state index contributed by atoms with van der Waals surface area (Å²) < 4.78 is 0. The second kappa shape index (κ2) is 8.69. The molecule has 0 spiro atoms. The number of ketones is 1. The molecule has 164 valence electrons. The van der Waals surface area contributed by atoms with E-state index in [-0.39, 0.29) is 23.7 Å². The SMILES string of the molecule is CC1CN(C(=O)C2CCCC(=O)C2)CCN1c1nnc(-c2ccccc2)c2ccccc12. The van der Waals surface area contributed by atoms with Crippen LogP contribution in [0.25, 0.3) is 22.0 Å². The number of aromatic nitrogens is 2. The minimum absolute atomic E-state index is 0.118. The number of Topliss-reactive ketones (excluding diaryl/α,β-unsaturated/α-hetero) is 1. The van der Waals surface area contributed by atoms with Crippen LogP contribution in [0, 0.1) is 5.92 Å². The Labute approximate surface area is 188 Å². The Kier molecular flexibility index (Phi) is 5.60. The Morgan fingerprint density at radius 2 is 1.72 bits per heavy atom. The van der Waals surface area contributed by atoms with E-state index in [9.17, 15) is 9.59 Å². The highest BCUT2D eigenvalue weighted by Crippen LogP contribution is 2.33. The lowest BCUT2D eigenvalue weighted by atomic mass is 9.87. The summed E-state index contributed by atoms with van der Waals surface area (Å²) in [5.41, 5.74) is 1.93. The van der Waals surface area contributed by atoms with Crippen LogP contribution < -0.4 is 4.90 Å². The minimum atomic E-state index is -0.138. The highest BCUT2D eigenvalue weighted by atomic mass is 16.2. The predicted octanol–water partition coefficient (Wildman–Crippen LogP) is 4.09. The molecule has 32 heavy (non-hydrogen) atoms. The Morgan fingerprint density at radius 1 is 0.969 bits per heavy atom. The van der Waals surface area contributed by atoms with Crippen molar-refractivity contribution < 1.29 is 9.59 Å². The van der Waals surface area contributed by atoms with Crippen LogP contribution in [0.15, 0.2) is 54.6 Å². The molecule has 2 fully saturated rings. The molecule has 2 aliphatic rings. The molecule has 2 aromatic carbocycles. The number of benzene rings is 2. The Bertz CT molecular complexity index is 1150. The van der Waals surface area contributed by atoms with Crippen LogP contribution in [-0.4, -0.2) is 52.5 Å². The number of hydrogen-bond acceptors (Lipinski definition) is 5. The van der Waals surface area contributed by atoms with Gasteiger partial charge in [-0.05, 0) is 19.8 Å². The first-order valence-electron chi connectivity index (χ1n) is 11.5. The van der Waals surface area contributed by atoms with E-state index in [0.29, 0.717) is 32.5 Å². The van der Waals surface area contributed by atoms with E-state index in [1.807, 2.05) is 35.2 Å². The molecule has 6 heteroatoms. The van der Waals surface area contributed by atoms with E-state index in [1.54, 1.807) is 0 Å². The smallest absolute Gasteiger partial charge is 0.226 e. The second-order valence-electron chi connectivity index (χ2n) is 8.94. The standard InChI is InChI=1S/C26H28N4O2/c1-18-17-29(26(32)20-10-7-11-21(31)16-20)14-15-30(18)25-23-13-6-5-12-22(23)24(27-28-25)19-8-3-2-4-9-19/h2-6,8-9,12-13,18,20H,7,10-11,14-17H2,1H3. The van der Waals surface area contributed by atoms with E-state index in [1.165, 1.54) is 0 Å². The van der Waals surface area contributed by atoms with Gasteiger partial charge >= 0.3 is 0 Å². The number of hydrogen-bond donors (Lipinski definition) is 0. The van der Waals surface area contributed by atoms with Crippen molar-refractivity contribution in [1.29, 1.82) is 0 Å². The summed E-state index contributed by atoms with van der Waals surface area (Å²) >= 11 is 0. The van der Waals surface area contributed by atoms with Gasteiger partial charge in [-0.1, -0.05) is 54.6 Å². The van der Waals surface area contributed by atoms with E-state index >= 15 is 0 Å². The van der Waals surface area contributed by atoms with Crippen molar-refractivity contribution >= 4 is 28.3 Å². The fraction of sp³-hybridized carbons (Fsp3) is 0.385. The fourth-order valence-corrected chi connectivity index (χ4v) is 5.08. The lowest BCUT2D eigenvalue weighted by Crippen LogP contribution is -2.55. The number of anilines is 1. The first-order valence-corrected chi connectivity index (χ1v) is 11.5. The third-order valence-electron chi connectivity index (χ3n) is 6.76. The summed E-state index contributed by atoms with van der Waals surface area (Å²) in [4.78, 5) is 29.1. The summed E-state index contributed by atoms with van der Waals surface area (Å²) in [5.74, 6) is 1.09. The number of amides is 1. The quantitative estimate of drug-likeness (QED) is 0.629. The van der Waals surface area contributed by atoms with Gasteiger partial charge in [0.15, 0.2) is 5.82 Å². The average molecular weight is 429 g/mol. The van der Waals surface area contributed by atoms with Crippen LogP contribution in [0.1, 0.15) is 32.6 Å². The molecule has 0 N–H and O–H groups in total. The predicted molar refractivity (Wildman–Crippen MR) is 125 cm³/mol. The molecule has 2 heterocycles. The summed E-state index contributed by atoms with van der Waals surface area (Å²) in [6.45, 7) is 4.12. The zero-order valence-electron chi connectivity index (χ0n) is 18.4. The number of piperazine rings is 1. The summed E-state index contributed by atoms with van der Waals surface area (Å²) in [7, 11) is 0. The zero-order chi connectivity index (χ0) is 22.1. The maximum absolute atomic E-state index is 13.0. The Hall–Kier alpha value is -3.28. The van der Waals surface area contributed by atoms with E-state index in [2.05, 4.69) is 46.3 Å². The lowest BCUT2D eigenvalue weighted by molar-refractivity contribution is -0.140. The monoisotopic (exact) mass is 428 g/mol. The van der Waals surface area contributed by atoms with Gasteiger partial charge < -0.3 is 9.80 Å². The normalized spacial score (nSPS) is 21.7. The molecule has 1 aliphatic carbocycles. The van der Waals surface area contributed by atoms with Crippen molar-refractivity contribution in [2.24, 2.45) is 5.92 Å². The number of carbonyl (C=O) groups is 2. The molecular weight excluding hydrogens is 400 g/mol. The van der Waals surface area contributed by atoms with E-state index in [0.717, 1.165) is 40.7 Å². The molecule has 6 nitrogen and oxygen atoms in total. The summed E-state index contributed by atoms with van der Waals surface area (Å²) in [5, 5.41) is 11.4. The van der Waals surface area contributed by atoms with E-state index in [4.69, 9.17) is 0 Å². The van der Waals surface area contributed by atoms with Gasteiger partial charge in [0.2, 0.25) is 5.91 Å². The van der Waals surface area contributed by atoms with Gasteiger partial charge in [-0.2, -0.15) is 0 Å². The Morgan fingerprint density at radius 3 is 2.47 bits per heavy atom. The van der Waals surface area contributed by atoms with Gasteiger partial charge in [-0.25, -0.2) is 0 Å². The highest BCUT2D eigenvalue weighted by Gasteiger charge is 2.34. The molecule has 1 aliphatic heterocycles. The average Bonchev–Trinajstić information content (AvgIpc) is 2.83. The van der Waals surface area contributed by atoms with Crippen molar-refractivity contribution in [3.05, 3.63) is 54.6 Å². The first-order chi connectivity index (χ1) is 15.6. The highest BCUT2D eigenvalue weighted by molar-refractivity contribution is 6.00. The lowest BCUT2D eigenvalue weighted by Gasteiger charge is -2.42. The first kappa shape index (κ1) is 20.6. The maximum Gasteiger partial charge on any atom is 0.226 e. The second-order valence-corrected chi connectivity index (χ2v) is 8.94. The van der Waals surface area contributed by atoms with E-state index < -0.39 is 0 Å². The van der Waals surface area contributed by atoms with Gasteiger partial charge in [0.05, 0.1) is 0 Å². The zero-order valence-corrected chi connectivity index (χ0v) is 18.4. The van der Waals surface area contributed by atoms with Crippen LogP contribution in [0.2, 0.25) is 0 Å². The molecule has 2 atom stereocenters. The third-order valence-corrected chi connectivity index (χ3v) is 6.76. The summed E-state index contributed by atoms with van der Waals surface area (Å²) in [6.07, 6.45) is 2.69. The molecule has 0 bridgehead atoms. The van der Waals surface area contributed by atoms with Gasteiger partial charge in [0.25, 0.3) is 0 Å². The minimum Gasteiger partial charge on any atom is -0.348 e. The molecule has 2 unspecified atom stereocenters. The maximum atomic E-state index is 13.0. The molecule has 1 amide bonds. The van der Waals surface area contributed by atoms with Gasteiger partial charge in [-0.15, -0.1) is 10.2 Å². The molecule has 1 saturated carbocycles. The van der Waals surface area contributed by atoms with Crippen molar-refractivity contribution in [1.82, 2.24) is 15.1 Å². The van der Waals surface area contributed by atoms with Crippen molar-refractivity contribution in [2.75, 3.05) is 24.5 Å². The topological polar surface area (TPSA) is 66.4 Å². The number of nitrogens with zero attached hydrogens (tertiary/aromatic N) is 4. The van der Waals surface area contributed by atoms with Crippen LogP contribution in [0.3, 0.4) is 0 Å². The molecular formula is C26H28N4O2. The van der Waals surface area contributed by atoms with Crippen LogP contribution in [0.5, 0.6) is 0 Å². The fourth-order valence-electron chi connectivity index (χ4n) is 5.08. The van der Waals surface area contributed by atoms with Crippen molar-refractivity contribution in [3.63, 3.8) is 0 Å². The van der Waals surface area contributed by atoms with Crippen LogP contribution >= 0.6 is 0 Å². The third kappa shape index (κ3) is 3.85. The molecule has 3 aromatic rings. The molecule has 0 radical (unpaired) electrons. The number of rotatable bonds is 3. The van der Waals surface area contributed by atoms with Crippen LogP contribution in [0.4, 0.5) is 5.82 Å². The molecule has 1 aromatic heterocycles. The van der Waals surface area contributed by atoms with Gasteiger partial charge in [-0.3, -0.25) is 9.59 Å². The number of carbonyl (C=O) groups excluding carboxylic acids is 2. The number of fused-ring (bicyclic) bond motifs is 1. The molecule has 5 rings (SSSR count). The Balaban J connectivity index is 1.40.